The highest BCUT2D eigenvalue weighted by Gasteiger charge is 2.47. The van der Waals surface area contributed by atoms with E-state index in [9.17, 15) is 14.0 Å². The highest BCUT2D eigenvalue weighted by Crippen LogP contribution is 2.32. The molecule has 0 bridgehead atoms. The minimum Gasteiger partial charge on any atom is -0.378 e. The Hall–Kier alpha value is -3.07. The zero-order valence-corrected chi connectivity index (χ0v) is 21.4. The van der Waals surface area contributed by atoms with Crippen LogP contribution in [0, 0.1) is 11.7 Å². The summed E-state index contributed by atoms with van der Waals surface area (Å²) in [6.07, 6.45) is 0.676. The number of alkyl halides is 1. The first-order chi connectivity index (χ1) is 18.9. The van der Waals surface area contributed by atoms with Gasteiger partial charge < -0.3 is 20.7 Å². The molecule has 4 fully saturated rings. The lowest BCUT2D eigenvalue weighted by Gasteiger charge is -2.42. The van der Waals surface area contributed by atoms with Crippen molar-refractivity contribution in [1.29, 1.82) is 0 Å². The summed E-state index contributed by atoms with van der Waals surface area (Å²) in [7, 11) is 0. The van der Waals surface area contributed by atoms with Gasteiger partial charge in [-0.3, -0.25) is 24.8 Å². The molecular formula is C26H32F2N8O3. The zero-order chi connectivity index (χ0) is 27.1. The molecule has 5 heterocycles. The van der Waals surface area contributed by atoms with Crippen molar-refractivity contribution in [2.75, 3.05) is 57.8 Å². The molecule has 39 heavy (non-hydrogen) atoms. The maximum absolute atomic E-state index is 15.4. The monoisotopic (exact) mass is 542 g/mol. The third-order valence-electron chi connectivity index (χ3n) is 7.95. The number of pyridine rings is 1. The number of piperazine rings is 1. The molecule has 4 atom stereocenters. The van der Waals surface area contributed by atoms with Gasteiger partial charge in [-0.2, -0.15) is 0 Å². The van der Waals surface area contributed by atoms with E-state index < -0.39 is 36.1 Å². The number of fused-ring (bicyclic) bond motifs is 1. The van der Waals surface area contributed by atoms with Crippen LogP contribution >= 0.6 is 0 Å². The average Bonchev–Trinajstić information content (AvgIpc) is 3.23. The minimum absolute atomic E-state index is 0.120. The first-order valence-corrected chi connectivity index (χ1v) is 13.2. The number of hydrogen-bond donors (Lipinski definition) is 4. The van der Waals surface area contributed by atoms with E-state index in [0.29, 0.717) is 30.4 Å². The Morgan fingerprint density at radius 2 is 1.92 bits per heavy atom. The van der Waals surface area contributed by atoms with Gasteiger partial charge in [0.2, 0.25) is 5.91 Å². The van der Waals surface area contributed by atoms with Crippen molar-refractivity contribution < 1.29 is 23.1 Å². The summed E-state index contributed by atoms with van der Waals surface area (Å²) in [5, 5.41) is 7.45. The molecule has 0 aliphatic carbocycles. The quantitative estimate of drug-likeness (QED) is 0.412. The fourth-order valence-corrected chi connectivity index (χ4v) is 5.70. The first kappa shape index (κ1) is 26.2. The number of nitrogens with zero attached hydrogens (tertiary/aromatic N) is 4. The number of carbonyl (C=O) groups excluding carboxylic acids is 2. The number of rotatable bonds is 5. The molecule has 1 aromatic carbocycles. The standard InChI is InChI=1S/C26H32F2N8O3/c27-16-10-31-24-22(23(29)33-36(24)12-16)25(37)32-21-11-30-4-3-19(21)18-2-1-15(9-20(18)28)26(38)35-7-5-34(6-8-35)17-13-39-14-17/h1-4,9,11,16-17,22-24,31,33H,5-8,10,12-14,29H2,(H,32,37). The lowest BCUT2D eigenvalue weighted by molar-refractivity contribution is -0.121. The van der Waals surface area contributed by atoms with Crippen molar-refractivity contribution in [1.82, 2.24) is 30.5 Å². The molecule has 208 valence electrons. The van der Waals surface area contributed by atoms with Crippen molar-refractivity contribution in [3.05, 3.63) is 48.0 Å². The Labute approximate surface area is 224 Å². The van der Waals surface area contributed by atoms with E-state index in [4.69, 9.17) is 10.5 Å². The number of benzene rings is 1. The zero-order valence-electron chi connectivity index (χ0n) is 21.4. The van der Waals surface area contributed by atoms with Crippen LogP contribution in [0.1, 0.15) is 10.4 Å². The predicted octanol–water partition coefficient (Wildman–Crippen LogP) is -0.0286. The van der Waals surface area contributed by atoms with Gasteiger partial charge in [0.25, 0.3) is 5.91 Å². The number of carbonyl (C=O) groups is 2. The van der Waals surface area contributed by atoms with Crippen molar-refractivity contribution in [3.63, 3.8) is 0 Å². The van der Waals surface area contributed by atoms with Crippen LogP contribution in [0.3, 0.4) is 0 Å². The number of ether oxygens (including phenoxy) is 1. The van der Waals surface area contributed by atoms with Crippen molar-refractivity contribution in [3.8, 4) is 11.1 Å². The van der Waals surface area contributed by atoms with Gasteiger partial charge >= 0.3 is 0 Å². The van der Waals surface area contributed by atoms with Crippen molar-refractivity contribution >= 4 is 17.5 Å². The molecule has 4 aliphatic heterocycles. The van der Waals surface area contributed by atoms with Gasteiger partial charge in [-0.1, -0.05) is 6.07 Å². The molecule has 0 spiro atoms. The lowest BCUT2D eigenvalue weighted by Crippen LogP contribution is -2.58. The number of halogens is 2. The molecule has 0 radical (unpaired) electrons. The highest BCUT2D eigenvalue weighted by molar-refractivity contribution is 5.98. The summed E-state index contributed by atoms with van der Waals surface area (Å²) in [4.78, 5) is 34.5. The Morgan fingerprint density at radius 1 is 1.13 bits per heavy atom. The molecular weight excluding hydrogens is 510 g/mol. The summed E-state index contributed by atoms with van der Waals surface area (Å²) in [6.45, 7) is 4.41. The maximum atomic E-state index is 15.4. The van der Waals surface area contributed by atoms with E-state index in [1.54, 1.807) is 28.1 Å². The van der Waals surface area contributed by atoms with Crippen LogP contribution in [0.15, 0.2) is 36.7 Å². The molecule has 4 unspecified atom stereocenters. The Balaban J connectivity index is 1.15. The van der Waals surface area contributed by atoms with E-state index in [1.165, 1.54) is 18.5 Å². The van der Waals surface area contributed by atoms with Crippen LogP contribution in [0.2, 0.25) is 0 Å². The minimum atomic E-state index is -1.07. The number of hydrogen-bond acceptors (Lipinski definition) is 9. The van der Waals surface area contributed by atoms with Crippen LogP contribution in [0.25, 0.3) is 11.1 Å². The molecule has 11 nitrogen and oxygen atoms in total. The van der Waals surface area contributed by atoms with Gasteiger partial charge in [0, 0.05) is 62.2 Å². The van der Waals surface area contributed by atoms with Gasteiger partial charge in [0.05, 0.1) is 49.4 Å². The third kappa shape index (κ3) is 5.13. The van der Waals surface area contributed by atoms with Gasteiger partial charge in [-0.05, 0) is 18.2 Å². The van der Waals surface area contributed by atoms with E-state index in [-0.39, 0.29) is 30.1 Å². The number of hydrazine groups is 1. The summed E-state index contributed by atoms with van der Waals surface area (Å²) in [5.41, 5.74) is 10.3. The second-order valence-corrected chi connectivity index (χ2v) is 10.4. The van der Waals surface area contributed by atoms with Gasteiger partial charge in [0.1, 0.15) is 12.0 Å². The van der Waals surface area contributed by atoms with E-state index >= 15 is 4.39 Å². The molecule has 2 aromatic rings. The summed E-state index contributed by atoms with van der Waals surface area (Å²) >= 11 is 0. The SMILES string of the molecule is NC1NN2CC(F)CNC2C1C(=O)Nc1cnccc1-c1ccc(C(=O)N2CCN(C3COC3)CC2)cc1F. The lowest BCUT2D eigenvalue weighted by atomic mass is 9.99. The summed E-state index contributed by atoms with van der Waals surface area (Å²) < 4.78 is 34.5. The number of nitrogens with one attached hydrogen (secondary N) is 3. The molecule has 0 saturated carbocycles. The third-order valence-corrected chi connectivity index (χ3v) is 7.95. The Bertz CT molecular complexity index is 1240. The maximum Gasteiger partial charge on any atom is 0.254 e. The molecule has 5 N–H and O–H groups in total. The van der Waals surface area contributed by atoms with E-state index in [0.717, 1.165) is 26.3 Å². The number of anilines is 1. The predicted molar refractivity (Wildman–Crippen MR) is 138 cm³/mol. The van der Waals surface area contributed by atoms with Gasteiger partial charge in [-0.25, -0.2) is 19.2 Å². The molecule has 2 amide bonds. The van der Waals surface area contributed by atoms with E-state index in [2.05, 4.69) is 25.9 Å². The van der Waals surface area contributed by atoms with Crippen LogP contribution in [0.4, 0.5) is 14.5 Å². The van der Waals surface area contributed by atoms with Crippen LogP contribution in [-0.4, -0.2) is 109 Å². The topological polar surface area (TPSA) is 128 Å². The molecule has 13 heteroatoms. The Morgan fingerprint density at radius 3 is 2.64 bits per heavy atom. The van der Waals surface area contributed by atoms with Gasteiger partial charge in [-0.15, -0.1) is 0 Å². The molecule has 4 aliphatic rings. The summed E-state index contributed by atoms with van der Waals surface area (Å²) in [6, 6.07) is 6.42. The Kier molecular flexibility index (Phi) is 7.27. The summed E-state index contributed by atoms with van der Waals surface area (Å²) in [5.74, 6) is -1.91. The fraction of sp³-hybridized carbons (Fsp3) is 0.500. The second-order valence-electron chi connectivity index (χ2n) is 10.4. The number of aromatic nitrogens is 1. The van der Waals surface area contributed by atoms with Crippen LogP contribution < -0.4 is 21.8 Å². The normalized spacial score (nSPS) is 28.1. The molecule has 6 rings (SSSR count). The molecule has 1 aromatic heterocycles. The first-order valence-electron chi connectivity index (χ1n) is 13.2. The fourth-order valence-electron chi connectivity index (χ4n) is 5.70. The van der Waals surface area contributed by atoms with Crippen LogP contribution in [-0.2, 0) is 9.53 Å². The van der Waals surface area contributed by atoms with Crippen LogP contribution in [0.5, 0.6) is 0 Å². The van der Waals surface area contributed by atoms with Crippen molar-refractivity contribution in [2.24, 2.45) is 11.7 Å². The smallest absolute Gasteiger partial charge is 0.254 e. The number of nitrogens with two attached hydrogens (primary N) is 1. The molecule has 4 saturated heterocycles. The second kappa shape index (κ2) is 10.8. The van der Waals surface area contributed by atoms with Crippen molar-refractivity contribution in [2.45, 2.75) is 24.5 Å². The number of amides is 2. The van der Waals surface area contributed by atoms with E-state index in [1.807, 2.05) is 0 Å². The van der Waals surface area contributed by atoms with Gasteiger partial charge in [0.15, 0.2) is 0 Å². The highest BCUT2D eigenvalue weighted by atomic mass is 19.1. The largest absolute Gasteiger partial charge is 0.378 e. The average molecular weight is 543 g/mol.